The molecule has 2 aromatic rings. The molecule has 13 nitrogen and oxygen atoms in total. The van der Waals surface area contributed by atoms with Gasteiger partial charge in [-0.15, -0.1) is 0 Å². The lowest BCUT2D eigenvalue weighted by Crippen LogP contribution is -2.49. The van der Waals surface area contributed by atoms with Crippen molar-refractivity contribution in [1.82, 2.24) is 24.2 Å². The molecule has 34 heavy (non-hydrogen) atoms. The van der Waals surface area contributed by atoms with Gasteiger partial charge in [-0.2, -0.15) is 0 Å². The molecule has 0 spiro atoms. The molecule has 16 heteroatoms. The van der Waals surface area contributed by atoms with Crippen molar-refractivity contribution in [2.75, 3.05) is 52.1 Å². The van der Waals surface area contributed by atoms with Crippen LogP contribution in [-0.4, -0.2) is 104 Å². The van der Waals surface area contributed by atoms with E-state index in [0.717, 1.165) is 11.8 Å². The molecule has 1 aliphatic heterocycles. The van der Waals surface area contributed by atoms with Gasteiger partial charge in [-0.25, -0.2) is 28.6 Å². The molecule has 1 aliphatic rings. The van der Waals surface area contributed by atoms with Crippen molar-refractivity contribution >= 4 is 41.6 Å². The topological polar surface area (TPSA) is 161 Å². The SMILES string of the molecule is CNc1ncnc2c1ncn2[C@@H]1O[C@](CF)(COP(=O)(OCCSC(C)=O)N(C)C)[C@H](O)C1O. The van der Waals surface area contributed by atoms with Gasteiger partial charge in [0.2, 0.25) is 0 Å². The van der Waals surface area contributed by atoms with Crippen LogP contribution < -0.4 is 5.32 Å². The lowest BCUT2D eigenvalue weighted by atomic mass is 9.98. The van der Waals surface area contributed by atoms with E-state index in [2.05, 4.69) is 20.3 Å². The smallest absolute Gasteiger partial charge is 0.387 e. The van der Waals surface area contributed by atoms with Crippen LogP contribution in [0.25, 0.3) is 11.2 Å². The third kappa shape index (κ3) is 5.26. The molecule has 0 bridgehead atoms. The van der Waals surface area contributed by atoms with Crippen LogP contribution in [-0.2, 0) is 23.1 Å². The lowest BCUT2D eigenvalue weighted by molar-refractivity contribution is -0.134. The summed E-state index contributed by atoms with van der Waals surface area (Å²) in [7, 11) is 0.631. The molecule has 5 atom stereocenters. The second-order valence-electron chi connectivity index (χ2n) is 7.70. The third-order valence-corrected chi connectivity index (χ3v) is 7.93. The Bertz CT molecular complexity index is 1060. The van der Waals surface area contributed by atoms with E-state index >= 15 is 0 Å². The van der Waals surface area contributed by atoms with E-state index in [1.807, 2.05) is 0 Å². The lowest BCUT2D eigenvalue weighted by Gasteiger charge is -2.32. The van der Waals surface area contributed by atoms with E-state index < -0.39 is 45.1 Å². The minimum absolute atomic E-state index is 0.0640. The molecule has 3 N–H and O–H groups in total. The fourth-order valence-electron chi connectivity index (χ4n) is 3.36. The van der Waals surface area contributed by atoms with Crippen LogP contribution in [0.15, 0.2) is 12.7 Å². The van der Waals surface area contributed by atoms with Crippen molar-refractivity contribution in [1.29, 1.82) is 0 Å². The van der Waals surface area contributed by atoms with E-state index in [9.17, 15) is 24.0 Å². The van der Waals surface area contributed by atoms with Crippen molar-refractivity contribution in [3.63, 3.8) is 0 Å². The fourth-order valence-corrected chi connectivity index (χ4v) is 5.17. The highest BCUT2D eigenvalue weighted by Gasteiger charge is 2.56. The Kier molecular flexibility index (Phi) is 8.63. The first-order valence-electron chi connectivity index (χ1n) is 10.2. The highest BCUT2D eigenvalue weighted by Crippen LogP contribution is 2.52. The van der Waals surface area contributed by atoms with Gasteiger partial charge in [-0.1, -0.05) is 11.8 Å². The Morgan fingerprint density at radius 1 is 1.38 bits per heavy atom. The number of thioether (sulfide) groups is 1. The molecule has 2 unspecified atom stereocenters. The van der Waals surface area contributed by atoms with Crippen LogP contribution in [0.3, 0.4) is 0 Å². The number of aliphatic hydroxyl groups excluding tert-OH is 2. The summed E-state index contributed by atoms with van der Waals surface area (Å²) in [6.45, 7) is -0.603. The molecular formula is C18H28FN6O7PS. The molecule has 1 fully saturated rings. The molecule has 3 rings (SSSR count). The summed E-state index contributed by atoms with van der Waals surface area (Å²) in [4.78, 5) is 23.5. The van der Waals surface area contributed by atoms with Gasteiger partial charge >= 0.3 is 7.75 Å². The second kappa shape index (κ2) is 10.9. The predicted octanol–water partition coefficient (Wildman–Crippen LogP) is 0.809. The van der Waals surface area contributed by atoms with Gasteiger partial charge in [-0.3, -0.25) is 18.4 Å². The van der Waals surface area contributed by atoms with E-state index in [-0.39, 0.29) is 23.1 Å². The maximum absolute atomic E-state index is 14.3. The number of nitrogens with one attached hydrogen (secondary N) is 1. The summed E-state index contributed by atoms with van der Waals surface area (Å²) in [5.74, 6) is 0.679. The van der Waals surface area contributed by atoms with Gasteiger partial charge in [0.1, 0.15) is 30.7 Å². The van der Waals surface area contributed by atoms with Crippen LogP contribution >= 0.6 is 19.5 Å². The van der Waals surface area contributed by atoms with E-state index in [1.165, 1.54) is 42.9 Å². The molecule has 0 aliphatic carbocycles. The average molecular weight is 522 g/mol. The maximum atomic E-state index is 14.3. The third-order valence-electron chi connectivity index (χ3n) is 5.21. The Morgan fingerprint density at radius 3 is 2.74 bits per heavy atom. The minimum Gasteiger partial charge on any atom is -0.387 e. The molecule has 0 radical (unpaired) electrons. The average Bonchev–Trinajstić information content (AvgIpc) is 3.35. The maximum Gasteiger partial charge on any atom is 0.407 e. The molecule has 0 aromatic carbocycles. The number of anilines is 1. The Balaban J connectivity index is 1.80. The first-order chi connectivity index (χ1) is 16.1. The van der Waals surface area contributed by atoms with E-state index in [4.69, 9.17) is 13.8 Å². The summed E-state index contributed by atoms with van der Waals surface area (Å²) in [5, 5.41) is 24.1. The molecule has 0 amide bonds. The van der Waals surface area contributed by atoms with Crippen molar-refractivity contribution in [2.45, 2.75) is 31.0 Å². The standard InChI is InChI=1S/C18H28FN6O7PS/c1-11(26)34-6-5-30-33(29,24(3)4)31-8-18(7-19)14(28)13(27)17(32-18)25-10-23-12-15(20-2)21-9-22-16(12)25/h9-10,13-14,17,27-28H,5-8H2,1-4H3,(H,20,21,22)/t13?,14-,17-,18-,33?/m1/s1. The molecule has 1 saturated heterocycles. The number of alkyl halides is 1. The summed E-state index contributed by atoms with van der Waals surface area (Å²) in [6, 6.07) is 0. The predicted molar refractivity (Wildman–Crippen MR) is 122 cm³/mol. The summed E-state index contributed by atoms with van der Waals surface area (Å²) in [6.07, 6.45) is -1.95. The van der Waals surface area contributed by atoms with Gasteiger partial charge in [0.25, 0.3) is 0 Å². The highest BCUT2D eigenvalue weighted by molar-refractivity contribution is 8.13. The zero-order valence-electron chi connectivity index (χ0n) is 19.1. The number of carbonyl (C=O) groups is 1. The number of imidazole rings is 1. The van der Waals surface area contributed by atoms with E-state index in [1.54, 1.807) is 7.05 Å². The zero-order chi connectivity index (χ0) is 25.1. The number of aromatic nitrogens is 4. The monoisotopic (exact) mass is 522 g/mol. The number of nitrogens with zero attached hydrogens (tertiary/aromatic N) is 5. The summed E-state index contributed by atoms with van der Waals surface area (Å²) < 4.78 is 46.5. The summed E-state index contributed by atoms with van der Waals surface area (Å²) in [5.41, 5.74) is -1.36. The van der Waals surface area contributed by atoms with Gasteiger partial charge in [-0.05, 0) is 14.1 Å². The molecule has 2 aromatic heterocycles. The Hall–Kier alpha value is -1.71. The number of fused-ring (bicyclic) bond motifs is 1. The minimum atomic E-state index is -3.91. The first kappa shape index (κ1) is 26.9. The number of rotatable bonds is 11. The number of aliphatic hydroxyl groups is 2. The zero-order valence-corrected chi connectivity index (χ0v) is 20.8. The first-order valence-corrected chi connectivity index (χ1v) is 12.7. The molecule has 0 saturated carbocycles. The van der Waals surface area contributed by atoms with Gasteiger partial charge in [0.05, 0.1) is 19.5 Å². The van der Waals surface area contributed by atoms with Crippen molar-refractivity contribution in [3.05, 3.63) is 12.7 Å². The number of halogens is 1. The molecule has 3 heterocycles. The van der Waals surface area contributed by atoms with E-state index in [0.29, 0.717) is 11.3 Å². The molecular weight excluding hydrogens is 494 g/mol. The van der Waals surface area contributed by atoms with Gasteiger partial charge in [0.15, 0.2) is 28.4 Å². The Morgan fingerprint density at radius 2 is 2.12 bits per heavy atom. The quantitative estimate of drug-likeness (QED) is 0.281. The van der Waals surface area contributed by atoms with Crippen LogP contribution in [0.4, 0.5) is 10.2 Å². The largest absolute Gasteiger partial charge is 0.407 e. The fraction of sp³-hybridized carbons (Fsp3) is 0.667. The van der Waals surface area contributed by atoms with Crippen LogP contribution in [0.1, 0.15) is 13.2 Å². The van der Waals surface area contributed by atoms with Crippen molar-refractivity contribution in [3.8, 4) is 0 Å². The number of hydrogen-bond donors (Lipinski definition) is 3. The normalized spacial score (nSPS) is 26.8. The number of ether oxygens (including phenoxy) is 1. The Labute approximate surface area is 199 Å². The summed E-state index contributed by atoms with van der Waals surface area (Å²) >= 11 is 0.993. The van der Waals surface area contributed by atoms with Crippen LogP contribution in [0.5, 0.6) is 0 Å². The van der Waals surface area contributed by atoms with Crippen LogP contribution in [0.2, 0.25) is 0 Å². The van der Waals surface area contributed by atoms with Crippen molar-refractivity contribution in [2.24, 2.45) is 0 Å². The van der Waals surface area contributed by atoms with Gasteiger partial charge in [0, 0.05) is 19.7 Å². The highest BCUT2D eigenvalue weighted by atomic mass is 32.2. The van der Waals surface area contributed by atoms with Crippen molar-refractivity contribution < 1.29 is 37.7 Å². The number of hydrogen-bond acceptors (Lipinski definition) is 12. The van der Waals surface area contributed by atoms with Crippen LogP contribution in [0, 0.1) is 0 Å². The molecule has 190 valence electrons. The number of carbonyl (C=O) groups excluding carboxylic acids is 1. The van der Waals surface area contributed by atoms with Gasteiger partial charge < -0.3 is 20.3 Å². The second-order valence-corrected chi connectivity index (χ2v) is 11.2.